The molecule has 0 bridgehead atoms. The summed E-state index contributed by atoms with van der Waals surface area (Å²) in [5.41, 5.74) is 0.866. The van der Waals surface area contributed by atoms with Crippen molar-refractivity contribution in [3.8, 4) is 17.1 Å². The molecule has 0 saturated heterocycles. The molecule has 0 amide bonds. The molecule has 0 aliphatic heterocycles. The zero-order valence-electron chi connectivity index (χ0n) is 23.4. The molecule has 0 fully saturated rings. The summed E-state index contributed by atoms with van der Waals surface area (Å²) in [7, 11) is 1.50. The van der Waals surface area contributed by atoms with Gasteiger partial charge in [0, 0.05) is 31.1 Å². The summed E-state index contributed by atoms with van der Waals surface area (Å²) >= 11 is 12.8. The van der Waals surface area contributed by atoms with E-state index >= 15 is 0 Å². The monoisotopic (exact) mass is 637 g/mol. The number of carbonyl (C=O) groups excluding carboxylic acids is 1. The molecular formula is C30H28Cl2F3N3O5. The van der Waals surface area contributed by atoms with Crippen LogP contribution in [0.15, 0.2) is 59.1 Å². The Balaban J connectivity index is 1.57. The second-order valence-electron chi connectivity index (χ2n) is 9.84. The molecule has 13 heteroatoms. The Labute approximate surface area is 255 Å². The molecule has 43 heavy (non-hydrogen) atoms. The molecule has 4 aromatic rings. The lowest BCUT2D eigenvalue weighted by atomic mass is 10.0. The van der Waals surface area contributed by atoms with Crippen LogP contribution in [0.4, 0.5) is 18.9 Å². The Morgan fingerprint density at radius 2 is 1.74 bits per heavy atom. The predicted molar refractivity (Wildman–Crippen MR) is 156 cm³/mol. The van der Waals surface area contributed by atoms with Crippen LogP contribution in [0.25, 0.3) is 11.3 Å². The van der Waals surface area contributed by atoms with E-state index < -0.39 is 17.8 Å². The van der Waals surface area contributed by atoms with Gasteiger partial charge in [-0.05, 0) is 35.9 Å². The number of aliphatic hydroxyl groups is 1. The minimum atomic E-state index is -4.78. The van der Waals surface area contributed by atoms with E-state index in [-0.39, 0.29) is 49.4 Å². The molecule has 0 saturated carbocycles. The second kappa shape index (κ2) is 13.7. The molecule has 228 valence electrons. The lowest BCUT2D eigenvalue weighted by Gasteiger charge is -2.23. The van der Waals surface area contributed by atoms with Gasteiger partial charge in [0.1, 0.15) is 24.7 Å². The van der Waals surface area contributed by atoms with E-state index in [1.165, 1.54) is 36.2 Å². The van der Waals surface area contributed by atoms with E-state index in [2.05, 4.69) is 10.1 Å². The maximum absolute atomic E-state index is 14.2. The van der Waals surface area contributed by atoms with Gasteiger partial charge < -0.3 is 24.0 Å². The molecule has 0 spiro atoms. The molecule has 1 N–H and O–H groups in total. The summed E-state index contributed by atoms with van der Waals surface area (Å²) in [5.74, 6) is -0.494. The quantitative estimate of drug-likeness (QED) is 0.168. The summed E-state index contributed by atoms with van der Waals surface area (Å²) in [6.07, 6.45) is -4.78. The Bertz CT molecular complexity index is 1560. The van der Waals surface area contributed by atoms with Gasteiger partial charge in [0.05, 0.1) is 33.5 Å². The largest absolute Gasteiger partial charge is 0.473 e. The van der Waals surface area contributed by atoms with Crippen LogP contribution >= 0.6 is 23.2 Å². The first-order chi connectivity index (χ1) is 20.4. The summed E-state index contributed by atoms with van der Waals surface area (Å²) in [6.45, 7) is 3.22. The third-order valence-corrected chi connectivity index (χ3v) is 7.00. The minimum Gasteiger partial charge on any atom is -0.473 e. The van der Waals surface area contributed by atoms with Crippen LogP contribution in [0.2, 0.25) is 10.0 Å². The molecular weight excluding hydrogens is 610 g/mol. The number of halogens is 5. The molecule has 4 rings (SSSR count). The topological polar surface area (TPSA) is 97.9 Å². The fourth-order valence-corrected chi connectivity index (χ4v) is 4.92. The average molecular weight is 638 g/mol. The van der Waals surface area contributed by atoms with Crippen molar-refractivity contribution in [1.82, 2.24) is 10.1 Å². The summed E-state index contributed by atoms with van der Waals surface area (Å²) in [6, 6.07) is 13.8. The number of nitrogens with zero attached hydrogens (tertiary/aromatic N) is 3. The van der Waals surface area contributed by atoms with Crippen molar-refractivity contribution < 1.29 is 37.1 Å². The maximum atomic E-state index is 14.2. The molecule has 0 radical (unpaired) electrons. The zero-order chi connectivity index (χ0) is 31.3. The number of aromatic nitrogens is 2. The molecule has 0 aliphatic carbocycles. The molecule has 0 aliphatic rings. The number of hydrogen-bond acceptors (Lipinski definition) is 8. The van der Waals surface area contributed by atoms with Gasteiger partial charge in [0.15, 0.2) is 5.69 Å². The standard InChI is InChI=1S/C30H28Cl2F3N3O5/c1-17(2)27-20(26(37-43-27)25-21(31)5-4-6-22(25)32)16-42-24-12-11-23(28(36-24)30(33,34)35)38(3)15-18-7-9-19(10-8-18)29(40)41-14-13-39/h4-12,17,39H,13-16H2,1-3H3. The van der Waals surface area contributed by atoms with Crippen molar-refractivity contribution >= 4 is 34.9 Å². The van der Waals surface area contributed by atoms with Gasteiger partial charge in [0.2, 0.25) is 5.88 Å². The van der Waals surface area contributed by atoms with E-state index in [0.717, 1.165) is 0 Å². The third kappa shape index (κ3) is 7.59. The highest BCUT2D eigenvalue weighted by atomic mass is 35.5. The number of alkyl halides is 3. The number of hydrogen-bond donors (Lipinski definition) is 1. The van der Waals surface area contributed by atoms with E-state index in [9.17, 15) is 18.0 Å². The highest BCUT2D eigenvalue weighted by Gasteiger charge is 2.37. The first-order valence-electron chi connectivity index (χ1n) is 13.1. The molecule has 2 aromatic heterocycles. The Morgan fingerprint density at radius 3 is 2.35 bits per heavy atom. The number of ether oxygens (including phenoxy) is 2. The summed E-state index contributed by atoms with van der Waals surface area (Å²) in [5, 5.41) is 13.6. The first kappa shape index (κ1) is 32.1. The lowest BCUT2D eigenvalue weighted by molar-refractivity contribution is -0.140. The van der Waals surface area contributed by atoms with E-state index in [1.54, 1.807) is 30.3 Å². The van der Waals surface area contributed by atoms with Gasteiger partial charge in [-0.2, -0.15) is 13.2 Å². The molecule has 0 atom stereocenters. The molecule has 2 heterocycles. The van der Waals surface area contributed by atoms with Gasteiger partial charge >= 0.3 is 12.1 Å². The highest BCUT2D eigenvalue weighted by molar-refractivity contribution is 6.39. The fraction of sp³-hybridized carbons (Fsp3) is 0.300. The van der Waals surface area contributed by atoms with Crippen LogP contribution in [0.3, 0.4) is 0 Å². The zero-order valence-corrected chi connectivity index (χ0v) is 24.9. The predicted octanol–water partition coefficient (Wildman–Crippen LogP) is 7.55. The van der Waals surface area contributed by atoms with Crippen LogP contribution in [0.5, 0.6) is 5.88 Å². The van der Waals surface area contributed by atoms with Crippen LogP contribution in [0.1, 0.15) is 52.7 Å². The van der Waals surface area contributed by atoms with Crippen molar-refractivity contribution in [3.63, 3.8) is 0 Å². The van der Waals surface area contributed by atoms with Crippen LogP contribution in [-0.2, 0) is 24.1 Å². The minimum absolute atomic E-state index is 0.0946. The Hall–Kier alpha value is -3.80. The van der Waals surface area contributed by atoms with Crippen LogP contribution in [-0.4, -0.2) is 41.5 Å². The maximum Gasteiger partial charge on any atom is 0.435 e. The third-order valence-electron chi connectivity index (χ3n) is 6.37. The van der Waals surface area contributed by atoms with E-state index in [4.69, 9.17) is 42.3 Å². The average Bonchev–Trinajstić information content (AvgIpc) is 3.38. The molecule has 2 aromatic carbocycles. The number of esters is 1. The van der Waals surface area contributed by atoms with Crippen molar-refractivity contribution in [3.05, 3.63) is 92.8 Å². The first-order valence-corrected chi connectivity index (χ1v) is 13.9. The number of pyridine rings is 1. The molecule has 0 unspecified atom stereocenters. The Kier molecular flexibility index (Phi) is 10.2. The Morgan fingerprint density at radius 1 is 1.07 bits per heavy atom. The molecule has 8 nitrogen and oxygen atoms in total. The number of carbonyl (C=O) groups is 1. The number of benzene rings is 2. The van der Waals surface area contributed by atoms with Crippen molar-refractivity contribution in [2.24, 2.45) is 0 Å². The van der Waals surface area contributed by atoms with Crippen molar-refractivity contribution in [2.75, 3.05) is 25.2 Å². The number of anilines is 1. The van der Waals surface area contributed by atoms with Gasteiger partial charge in [-0.25, -0.2) is 9.78 Å². The van der Waals surface area contributed by atoms with E-state index in [1.807, 2.05) is 13.8 Å². The second-order valence-corrected chi connectivity index (χ2v) is 10.7. The van der Waals surface area contributed by atoms with Gasteiger partial charge in [-0.1, -0.05) is 60.4 Å². The van der Waals surface area contributed by atoms with Gasteiger partial charge in [0.25, 0.3) is 0 Å². The van der Waals surface area contributed by atoms with Crippen LogP contribution in [0, 0.1) is 0 Å². The highest BCUT2D eigenvalue weighted by Crippen LogP contribution is 2.40. The van der Waals surface area contributed by atoms with Gasteiger partial charge in [-0.15, -0.1) is 0 Å². The smallest absolute Gasteiger partial charge is 0.435 e. The number of aliphatic hydroxyl groups excluding tert-OH is 1. The van der Waals surface area contributed by atoms with Crippen molar-refractivity contribution in [2.45, 2.75) is 39.1 Å². The van der Waals surface area contributed by atoms with Crippen molar-refractivity contribution in [1.29, 1.82) is 0 Å². The lowest BCUT2D eigenvalue weighted by Crippen LogP contribution is -2.22. The fourth-order valence-electron chi connectivity index (χ4n) is 4.34. The van der Waals surface area contributed by atoms with E-state index in [0.29, 0.717) is 38.2 Å². The summed E-state index contributed by atoms with van der Waals surface area (Å²) < 4.78 is 58.7. The SMILES string of the molecule is CC(C)c1onc(-c2c(Cl)cccc2Cl)c1COc1ccc(N(C)Cc2ccc(C(=O)OCCO)cc2)c(C(F)(F)F)n1. The summed E-state index contributed by atoms with van der Waals surface area (Å²) in [4.78, 5) is 17.1. The number of rotatable bonds is 11. The van der Waals surface area contributed by atoms with Crippen LogP contribution < -0.4 is 9.64 Å². The van der Waals surface area contributed by atoms with Gasteiger partial charge in [-0.3, -0.25) is 0 Å². The normalized spacial score (nSPS) is 11.6.